The van der Waals surface area contributed by atoms with E-state index in [2.05, 4.69) is 24.1 Å². The molecule has 1 saturated heterocycles. The normalized spacial score (nSPS) is 32.1. The van der Waals surface area contributed by atoms with E-state index in [1.807, 2.05) is 6.92 Å². The maximum atomic E-state index is 12.2. The smallest absolute Gasteiger partial charge is 0.240 e. The van der Waals surface area contributed by atoms with Gasteiger partial charge >= 0.3 is 0 Å². The average molecular weight is 206 g/mol. The van der Waals surface area contributed by atoms with Gasteiger partial charge in [-0.15, -0.1) is 0 Å². The molecule has 0 spiro atoms. The first kappa shape index (κ1) is 11.9. The van der Waals surface area contributed by atoms with Gasteiger partial charge in [-0.05, 0) is 20.8 Å². The Morgan fingerprint density at radius 1 is 1.43 bits per heavy atom. The second kappa shape index (κ2) is 5.03. The lowest BCUT2D eigenvalue weighted by Crippen LogP contribution is -2.57. The number of rotatable bonds is 3. The van der Waals surface area contributed by atoms with Crippen molar-refractivity contribution >= 4 is 0 Å². The quantitative estimate of drug-likeness (QED) is 0.756. The van der Waals surface area contributed by atoms with Gasteiger partial charge in [-0.2, -0.15) is 0 Å². The molecule has 3 unspecified atom stereocenters. The van der Waals surface area contributed by atoms with Gasteiger partial charge in [0.2, 0.25) is 6.43 Å². The molecule has 14 heavy (non-hydrogen) atoms. The van der Waals surface area contributed by atoms with Gasteiger partial charge in [0.05, 0.1) is 0 Å². The fraction of sp³-hybridized carbons (Fsp3) is 1.00. The van der Waals surface area contributed by atoms with Gasteiger partial charge in [0.15, 0.2) is 0 Å². The van der Waals surface area contributed by atoms with E-state index < -0.39 is 6.43 Å². The van der Waals surface area contributed by atoms with E-state index in [0.29, 0.717) is 12.1 Å². The Morgan fingerprint density at radius 2 is 2.07 bits per heavy atom. The third kappa shape index (κ3) is 3.17. The van der Waals surface area contributed by atoms with Gasteiger partial charge in [0, 0.05) is 37.6 Å². The predicted molar refractivity (Wildman–Crippen MR) is 53.7 cm³/mol. The van der Waals surface area contributed by atoms with E-state index in [1.54, 1.807) is 0 Å². The summed E-state index contributed by atoms with van der Waals surface area (Å²) in [4.78, 5) is 2.17. The lowest BCUT2D eigenvalue weighted by atomic mass is 10.1. The van der Waals surface area contributed by atoms with Gasteiger partial charge in [0.25, 0.3) is 0 Å². The summed E-state index contributed by atoms with van der Waals surface area (Å²) >= 11 is 0. The molecule has 0 aromatic rings. The molecule has 0 bridgehead atoms. The number of hydrogen-bond acceptors (Lipinski definition) is 2. The lowest BCUT2D eigenvalue weighted by molar-refractivity contribution is 0.0497. The highest BCUT2D eigenvalue weighted by Gasteiger charge is 2.27. The summed E-state index contributed by atoms with van der Waals surface area (Å²) in [5, 5.41) is 3.34. The fourth-order valence-corrected chi connectivity index (χ4v) is 2.06. The lowest BCUT2D eigenvalue weighted by Gasteiger charge is -2.41. The number of alkyl halides is 2. The zero-order valence-electron chi connectivity index (χ0n) is 9.13. The first-order valence-electron chi connectivity index (χ1n) is 5.28. The van der Waals surface area contributed by atoms with Gasteiger partial charge in [0.1, 0.15) is 0 Å². The molecule has 1 rings (SSSR count). The van der Waals surface area contributed by atoms with E-state index in [0.717, 1.165) is 13.1 Å². The highest BCUT2D eigenvalue weighted by molar-refractivity contribution is 4.84. The molecule has 3 atom stereocenters. The Morgan fingerprint density at radius 3 is 2.64 bits per heavy atom. The van der Waals surface area contributed by atoms with Crippen LogP contribution < -0.4 is 5.32 Å². The third-order valence-corrected chi connectivity index (χ3v) is 2.90. The van der Waals surface area contributed by atoms with E-state index in [4.69, 9.17) is 0 Å². The van der Waals surface area contributed by atoms with Gasteiger partial charge in [-0.3, -0.25) is 4.90 Å². The summed E-state index contributed by atoms with van der Waals surface area (Å²) in [7, 11) is 0. The molecule has 0 aromatic heterocycles. The number of piperazine rings is 1. The zero-order chi connectivity index (χ0) is 10.7. The van der Waals surface area contributed by atoms with Crippen molar-refractivity contribution in [1.82, 2.24) is 10.2 Å². The molecule has 2 nitrogen and oxygen atoms in total. The van der Waals surface area contributed by atoms with Crippen LogP contribution in [0.2, 0.25) is 0 Å². The van der Waals surface area contributed by atoms with Crippen molar-refractivity contribution in [3.8, 4) is 0 Å². The fourth-order valence-electron chi connectivity index (χ4n) is 2.06. The Hall–Kier alpha value is -0.220. The van der Waals surface area contributed by atoms with Gasteiger partial charge < -0.3 is 5.32 Å². The van der Waals surface area contributed by atoms with E-state index in [-0.39, 0.29) is 12.5 Å². The zero-order valence-corrected chi connectivity index (χ0v) is 9.13. The summed E-state index contributed by atoms with van der Waals surface area (Å²) < 4.78 is 24.4. The molecule has 1 aliphatic heterocycles. The van der Waals surface area contributed by atoms with Crippen molar-refractivity contribution < 1.29 is 8.78 Å². The summed E-state index contributed by atoms with van der Waals surface area (Å²) in [5.74, 6) is 0. The monoisotopic (exact) mass is 206 g/mol. The second-order valence-corrected chi connectivity index (χ2v) is 4.33. The maximum absolute atomic E-state index is 12.2. The summed E-state index contributed by atoms with van der Waals surface area (Å²) in [6, 6.07) is 0.751. The molecule has 1 aliphatic rings. The molecule has 84 valence electrons. The van der Waals surface area contributed by atoms with Crippen LogP contribution in [-0.4, -0.2) is 42.5 Å². The average Bonchev–Trinajstić information content (AvgIpc) is 2.08. The van der Waals surface area contributed by atoms with Crippen LogP contribution in [0.5, 0.6) is 0 Å². The number of nitrogens with one attached hydrogen (secondary N) is 1. The molecule has 0 aromatic carbocycles. The van der Waals surface area contributed by atoms with Crippen LogP contribution in [0.1, 0.15) is 27.2 Å². The van der Waals surface area contributed by atoms with Crippen LogP contribution in [-0.2, 0) is 0 Å². The number of hydrogen-bond donors (Lipinski definition) is 1. The molecule has 4 heteroatoms. The van der Waals surface area contributed by atoms with Crippen molar-refractivity contribution in [1.29, 1.82) is 0 Å². The Balaban J connectivity index is 2.46. The van der Waals surface area contributed by atoms with E-state index in [1.165, 1.54) is 0 Å². The van der Waals surface area contributed by atoms with Crippen LogP contribution in [0.25, 0.3) is 0 Å². The van der Waals surface area contributed by atoms with Crippen LogP contribution in [0.4, 0.5) is 8.78 Å². The van der Waals surface area contributed by atoms with Crippen LogP contribution >= 0.6 is 0 Å². The standard InChI is InChI=1S/C10H20F2N2/c1-7-6-14(9(3)5-13-7)8(2)4-10(11)12/h7-10,13H,4-6H2,1-3H3. The van der Waals surface area contributed by atoms with E-state index >= 15 is 0 Å². The van der Waals surface area contributed by atoms with Gasteiger partial charge in [-0.1, -0.05) is 0 Å². The largest absolute Gasteiger partial charge is 0.311 e. The van der Waals surface area contributed by atoms with Crippen LogP contribution in [0.3, 0.4) is 0 Å². The van der Waals surface area contributed by atoms with Crippen molar-refractivity contribution in [2.24, 2.45) is 0 Å². The molecule has 1 heterocycles. The summed E-state index contributed by atoms with van der Waals surface area (Å²) in [5.41, 5.74) is 0. The summed E-state index contributed by atoms with van der Waals surface area (Å²) in [6.07, 6.45) is -2.21. The molecule has 0 amide bonds. The van der Waals surface area contributed by atoms with Gasteiger partial charge in [-0.25, -0.2) is 8.78 Å². The molecule has 0 saturated carbocycles. The highest BCUT2D eigenvalue weighted by Crippen LogP contribution is 2.16. The SMILES string of the molecule is CC1CN(C(C)CC(F)F)C(C)CN1. The summed E-state index contributed by atoms with van der Waals surface area (Å²) in [6.45, 7) is 7.83. The van der Waals surface area contributed by atoms with Crippen molar-refractivity contribution in [3.05, 3.63) is 0 Å². The predicted octanol–water partition coefficient (Wildman–Crippen LogP) is 1.71. The molecular formula is C10H20F2N2. The second-order valence-electron chi connectivity index (χ2n) is 4.33. The number of halogens is 2. The maximum Gasteiger partial charge on any atom is 0.240 e. The third-order valence-electron chi connectivity index (χ3n) is 2.90. The molecule has 1 fully saturated rings. The number of nitrogens with zero attached hydrogens (tertiary/aromatic N) is 1. The van der Waals surface area contributed by atoms with E-state index in [9.17, 15) is 8.78 Å². The Bertz CT molecular complexity index is 176. The minimum atomic E-state index is -2.19. The Labute approximate surface area is 84.7 Å². The first-order valence-corrected chi connectivity index (χ1v) is 5.28. The molecule has 0 radical (unpaired) electrons. The van der Waals surface area contributed by atoms with Crippen molar-refractivity contribution in [3.63, 3.8) is 0 Å². The van der Waals surface area contributed by atoms with Crippen molar-refractivity contribution in [2.45, 2.75) is 51.7 Å². The first-order chi connectivity index (χ1) is 6.50. The molecule has 0 aliphatic carbocycles. The minimum absolute atomic E-state index is 0.0168. The van der Waals surface area contributed by atoms with Crippen LogP contribution in [0, 0.1) is 0 Å². The topological polar surface area (TPSA) is 15.3 Å². The molecular weight excluding hydrogens is 186 g/mol. The molecule has 1 N–H and O–H groups in total. The van der Waals surface area contributed by atoms with Crippen LogP contribution in [0.15, 0.2) is 0 Å². The highest BCUT2D eigenvalue weighted by atomic mass is 19.3. The Kier molecular flexibility index (Phi) is 4.26. The van der Waals surface area contributed by atoms with Crippen molar-refractivity contribution in [2.75, 3.05) is 13.1 Å². The minimum Gasteiger partial charge on any atom is -0.311 e.